The molecule has 0 aliphatic carbocycles. The smallest absolute Gasteiger partial charge is 0.339 e. The average Bonchev–Trinajstić information content (AvgIpc) is 2.39. The molecule has 0 saturated heterocycles. The lowest BCUT2D eigenvalue weighted by Gasteiger charge is -2.09. The van der Waals surface area contributed by atoms with E-state index in [4.69, 9.17) is 14.9 Å². The van der Waals surface area contributed by atoms with Crippen LogP contribution >= 0.6 is 24.8 Å². The monoisotopic (exact) mass is 330 g/mol. The van der Waals surface area contributed by atoms with Crippen LogP contribution in [0.25, 0.3) is 0 Å². The summed E-state index contributed by atoms with van der Waals surface area (Å²) in [5.41, 5.74) is -0.121. The van der Waals surface area contributed by atoms with Crippen molar-refractivity contribution in [3.63, 3.8) is 0 Å². The first-order valence-corrected chi connectivity index (χ1v) is 5.41. The number of hydrogen-bond acceptors (Lipinski definition) is 3. The van der Waals surface area contributed by atoms with Crippen LogP contribution in [0.4, 0.5) is 0 Å². The topological polar surface area (TPSA) is 83.8 Å². The van der Waals surface area contributed by atoms with E-state index in [9.17, 15) is 9.59 Å². The number of rotatable bonds is 4. The van der Waals surface area contributed by atoms with Gasteiger partial charge in [-0.3, -0.25) is 0 Å². The van der Waals surface area contributed by atoms with E-state index in [1.807, 2.05) is 0 Å². The van der Waals surface area contributed by atoms with Crippen molar-refractivity contribution in [2.45, 2.75) is 0 Å². The van der Waals surface area contributed by atoms with Crippen LogP contribution in [0.15, 0.2) is 48.5 Å². The zero-order valence-electron chi connectivity index (χ0n) is 10.6. The summed E-state index contributed by atoms with van der Waals surface area (Å²) in [7, 11) is 0. The zero-order chi connectivity index (χ0) is 13.8. The van der Waals surface area contributed by atoms with Gasteiger partial charge in [0.25, 0.3) is 0 Å². The Morgan fingerprint density at radius 2 is 1.48 bits per heavy atom. The quantitative estimate of drug-likeness (QED) is 0.892. The molecular formula is C14H12Cl2O5. The lowest BCUT2D eigenvalue weighted by atomic mass is 10.1. The minimum absolute atomic E-state index is 0. The SMILES string of the molecule is Cl.Cl.O=C(O)c1ccc(C(=O)O)c(Oc2ccccc2)c1. The van der Waals surface area contributed by atoms with E-state index in [-0.39, 0.29) is 41.7 Å². The fourth-order valence-electron chi connectivity index (χ4n) is 1.53. The molecule has 2 aromatic carbocycles. The molecule has 0 aliphatic rings. The first-order valence-electron chi connectivity index (χ1n) is 5.41. The van der Waals surface area contributed by atoms with E-state index in [2.05, 4.69) is 0 Å². The van der Waals surface area contributed by atoms with E-state index in [0.29, 0.717) is 5.75 Å². The summed E-state index contributed by atoms with van der Waals surface area (Å²) in [6, 6.07) is 12.2. The van der Waals surface area contributed by atoms with Crippen LogP contribution < -0.4 is 4.74 Å². The predicted octanol–water partition coefficient (Wildman–Crippen LogP) is 3.72. The van der Waals surface area contributed by atoms with E-state index in [0.717, 1.165) is 0 Å². The van der Waals surface area contributed by atoms with Crippen molar-refractivity contribution < 1.29 is 24.5 Å². The van der Waals surface area contributed by atoms with Gasteiger partial charge < -0.3 is 14.9 Å². The van der Waals surface area contributed by atoms with Gasteiger partial charge in [-0.1, -0.05) is 18.2 Å². The van der Waals surface area contributed by atoms with Crippen molar-refractivity contribution in [1.29, 1.82) is 0 Å². The maximum absolute atomic E-state index is 11.1. The molecule has 0 spiro atoms. The first-order chi connectivity index (χ1) is 9.08. The van der Waals surface area contributed by atoms with E-state index < -0.39 is 11.9 Å². The molecule has 7 heteroatoms. The first kappa shape index (κ1) is 18.8. The van der Waals surface area contributed by atoms with Crippen LogP contribution in [-0.2, 0) is 0 Å². The third-order valence-corrected chi connectivity index (χ3v) is 2.43. The van der Waals surface area contributed by atoms with Crippen molar-refractivity contribution >= 4 is 36.8 Å². The Bertz CT molecular complexity index is 629. The van der Waals surface area contributed by atoms with E-state index in [1.54, 1.807) is 30.3 Å². The maximum atomic E-state index is 11.1. The van der Waals surface area contributed by atoms with Crippen molar-refractivity contribution in [1.82, 2.24) is 0 Å². The van der Waals surface area contributed by atoms with Crippen molar-refractivity contribution in [2.75, 3.05) is 0 Å². The number of carboxylic acids is 2. The molecule has 21 heavy (non-hydrogen) atoms. The second-order valence-corrected chi connectivity index (χ2v) is 3.74. The fraction of sp³-hybridized carbons (Fsp3) is 0. The largest absolute Gasteiger partial charge is 0.478 e. The molecule has 2 rings (SSSR count). The van der Waals surface area contributed by atoms with Gasteiger partial charge in [-0.05, 0) is 30.3 Å². The fourth-order valence-corrected chi connectivity index (χ4v) is 1.53. The average molecular weight is 331 g/mol. The summed E-state index contributed by atoms with van der Waals surface area (Å²) in [5.74, 6) is -1.89. The second-order valence-electron chi connectivity index (χ2n) is 3.74. The highest BCUT2D eigenvalue weighted by Crippen LogP contribution is 2.26. The van der Waals surface area contributed by atoms with Crippen molar-refractivity contribution in [3.8, 4) is 11.5 Å². The van der Waals surface area contributed by atoms with Crippen LogP contribution in [0.5, 0.6) is 11.5 Å². The number of carbonyl (C=O) groups is 2. The van der Waals surface area contributed by atoms with Crippen molar-refractivity contribution in [3.05, 3.63) is 59.7 Å². The molecule has 0 unspecified atom stereocenters. The van der Waals surface area contributed by atoms with Crippen LogP contribution in [0.2, 0.25) is 0 Å². The van der Waals surface area contributed by atoms with Gasteiger partial charge in [0, 0.05) is 0 Å². The van der Waals surface area contributed by atoms with Crippen LogP contribution in [0.1, 0.15) is 20.7 Å². The Morgan fingerprint density at radius 3 is 2.00 bits per heavy atom. The number of benzene rings is 2. The number of hydrogen-bond donors (Lipinski definition) is 2. The Labute approximate surface area is 133 Å². The molecule has 5 nitrogen and oxygen atoms in total. The van der Waals surface area contributed by atoms with Gasteiger partial charge in [-0.2, -0.15) is 0 Å². The van der Waals surface area contributed by atoms with Crippen LogP contribution in [0, 0.1) is 0 Å². The summed E-state index contributed by atoms with van der Waals surface area (Å²) >= 11 is 0. The molecule has 2 N–H and O–H groups in total. The lowest BCUT2D eigenvalue weighted by Crippen LogP contribution is -2.03. The molecule has 0 bridgehead atoms. The van der Waals surface area contributed by atoms with Crippen molar-refractivity contribution in [2.24, 2.45) is 0 Å². The Balaban J connectivity index is 0.00000200. The van der Waals surface area contributed by atoms with Gasteiger partial charge in [0.1, 0.15) is 17.1 Å². The molecule has 112 valence electrons. The minimum Gasteiger partial charge on any atom is -0.478 e. The number of carboxylic acid groups (broad SMARTS) is 2. The van der Waals surface area contributed by atoms with Gasteiger partial charge >= 0.3 is 11.9 Å². The second kappa shape index (κ2) is 8.14. The minimum atomic E-state index is -1.18. The molecule has 0 aliphatic heterocycles. The highest BCUT2D eigenvalue weighted by molar-refractivity contribution is 5.94. The summed E-state index contributed by atoms with van der Waals surface area (Å²) in [6.07, 6.45) is 0. The van der Waals surface area contributed by atoms with Gasteiger partial charge in [-0.25, -0.2) is 9.59 Å². The van der Waals surface area contributed by atoms with Crippen LogP contribution in [0.3, 0.4) is 0 Å². The molecule has 0 fully saturated rings. The van der Waals surface area contributed by atoms with Gasteiger partial charge in [0.15, 0.2) is 0 Å². The highest BCUT2D eigenvalue weighted by atomic mass is 35.5. The van der Waals surface area contributed by atoms with Crippen LogP contribution in [-0.4, -0.2) is 22.2 Å². The molecule has 0 radical (unpaired) electrons. The third-order valence-electron chi connectivity index (χ3n) is 2.43. The standard InChI is InChI=1S/C14H10O5.2ClH/c15-13(16)9-6-7-11(14(17)18)12(8-9)19-10-4-2-1-3-5-10;;/h1-8H,(H,15,16)(H,17,18);2*1H. The van der Waals surface area contributed by atoms with Gasteiger partial charge in [-0.15, -0.1) is 24.8 Å². The summed E-state index contributed by atoms with van der Waals surface area (Å²) in [5, 5.41) is 17.9. The normalized spacial score (nSPS) is 8.95. The molecule has 0 saturated carbocycles. The number of aromatic carboxylic acids is 2. The zero-order valence-corrected chi connectivity index (χ0v) is 12.2. The molecule has 0 amide bonds. The number of halogens is 2. The predicted molar refractivity (Wildman–Crippen MR) is 81.4 cm³/mol. The Kier molecular flexibility index (Phi) is 7.27. The Hall–Kier alpha value is -2.24. The Morgan fingerprint density at radius 1 is 0.857 bits per heavy atom. The third kappa shape index (κ3) is 4.66. The summed E-state index contributed by atoms with van der Waals surface area (Å²) < 4.78 is 5.42. The lowest BCUT2D eigenvalue weighted by molar-refractivity contribution is 0.0678. The van der Waals surface area contributed by atoms with Gasteiger partial charge in [0.05, 0.1) is 5.56 Å². The highest BCUT2D eigenvalue weighted by Gasteiger charge is 2.15. The van der Waals surface area contributed by atoms with E-state index in [1.165, 1.54) is 18.2 Å². The molecule has 0 atom stereocenters. The molecule has 2 aromatic rings. The number of ether oxygens (including phenoxy) is 1. The molecule has 0 aromatic heterocycles. The maximum Gasteiger partial charge on any atom is 0.339 e. The number of para-hydroxylation sites is 1. The van der Waals surface area contributed by atoms with E-state index >= 15 is 0 Å². The molecule has 0 heterocycles. The molecular weight excluding hydrogens is 319 g/mol. The summed E-state index contributed by atoms with van der Waals surface area (Å²) in [4.78, 5) is 21.9. The summed E-state index contributed by atoms with van der Waals surface area (Å²) in [6.45, 7) is 0. The van der Waals surface area contributed by atoms with Gasteiger partial charge in [0.2, 0.25) is 0 Å².